The zero-order valence-electron chi connectivity index (χ0n) is 17.1. The second-order valence-corrected chi connectivity index (χ2v) is 15.3. The fourth-order valence-electron chi connectivity index (χ4n) is 3.10. The van der Waals surface area contributed by atoms with E-state index < -0.39 is 8.32 Å². The van der Waals surface area contributed by atoms with Crippen LogP contribution in [-0.4, -0.2) is 8.32 Å². The lowest BCUT2D eigenvalue weighted by molar-refractivity contribution is 0.246. The largest absolute Gasteiger partial charge is 0.547 e. The van der Waals surface area contributed by atoms with Gasteiger partial charge in [-0.1, -0.05) is 68.4 Å². The Kier molecular flexibility index (Phi) is 4.92. The van der Waals surface area contributed by atoms with Crippen LogP contribution in [0, 0.1) is 22.2 Å². The van der Waals surface area contributed by atoms with Crippen molar-refractivity contribution in [1.29, 1.82) is 0 Å². The van der Waals surface area contributed by atoms with Gasteiger partial charge in [0.15, 0.2) is 0 Å². The molecule has 0 fully saturated rings. The number of allylic oxidation sites excluding steroid dienone is 3. The molecule has 128 valence electrons. The minimum absolute atomic E-state index is 0.105. The maximum Gasteiger partial charge on any atom is 0.241 e. The standard InChI is InChI=1S/C20H38OSi/c1-18(2,3)14-13-15(19(4,5)6)17(21-22(10,11)12)16(14)20(7,8)9/h13,15H,1-12H3. The Morgan fingerprint density at radius 3 is 1.55 bits per heavy atom. The summed E-state index contributed by atoms with van der Waals surface area (Å²) in [6, 6.07) is 0. The van der Waals surface area contributed by atoms with Crippen molar-refractivity contribution in [2.45, 2.75) is 82.0 Å². The zero-order valence-corrected chi connectivity index (χ0v) is 18.1. The highest BCUT2D eigenvalue weighted by atomic mass is 28.4. The molecule has 0 aliphatic heterocycles. The van der Waals surface area contributed by atoms with Crippen LogP contribution in [0.3, 0.4) is 0 Å². The van der Waals surface area contributed by atoms with E-state index in [1.165, 1.54) is 16.9 Å². The van der Waals surface area contributed by atoms with Crippen molar-refractivity contribution in [2.75, 3.05) is 0 Å². The van der Waals surface area contributed by atoms with E-state index in [1.54, 1.807) is 0 Å². The third-order valence-corrected chi connectivity index (χ3v) is 4.87. The van der Waals surface area contributed by atoms with Crippen LogP contribution < -0.4 is 0 Å². The smallest absolute Gasteiger partial charge is 0.241 e. The fourth-order valence-corrected chi connectivity index (χ4v) is 3.99. The van der Waals surface area contributed by atoms with Gasteiger partial charge in [0.05, 0.1) is 5.76 Å². The summed E-state index contributed by atoms with van der Waals surface area (Å²) in [4.78, 5) is 0. The first-order valence-electron chi connectivity index (χ1n) is 8.61. The topological polar surface area (TPSA) is 9.23 Å². The molecule has 1 nitrogen and oxygen atoms in total. The zero-order chi connectivity index (χ0) is 17.7. The van der Waals surface area contributed by atoms with E-state index >= 15 is 0 Å². The molecule has 0 bridgehead atoms. The van der Waals surface area contributed by atoms with E-state index in [1.807, 2.05) is 0 Å². The lowest BCUT2D eigenvalue weighted by Crippen LogP contribution is -2.31. The Labute approximate surface area is 140 Å². The molecule has 0 spiro atoms. The molecule has 1 rings (SSSR count). The normalized spacial score (nSPS) is 21.3. The van der Waals surface area contributed by atoms with Crippen molar-refractivity contribution in [3.8, 4) is 0 Å². The van der Waals surface area contributed by atoms with E-state index in [9.17, 15) is 0 Å². The molecule has 0 radical (unpaired) electrons. The van der Waals surface area contributed by atoms with Crippen molar-refractivity contribution < 1.29 is 4.43 Å². The van der Waals surface area contributed by atoms with Crippen molar-refractivity contribution >= 4 is 8.32 Å². The van der Waals surface area contributed by atoms with Crippen LogP contribution in [0.1, 0.15) is 62.3 Å². The van der Waals surface area contributed by atoms with Gasteiger partial charge in [0.1, 0.15) is 0 Å². The quantitative estimate of drug-likeness (QED) is 0.509. The first-order chi connectivity index (χ1) is 9.44. The van der Waals surface area contributed by atoms with Gasteiger partial charge in [-0.25, -0.2) is 0 Å². The summed E-state index contributed by atoms with van der Waals surface area (Å²) in [7, 11) is -1.64. The summed E-state index contributed by atoms with van der Waals surface area (Å²) in [5, 5.41) is 0. The van der Waals surface area contributed by atoms with Gasteiger partial charge in [0.25, 0.3) is 0 Å². The van der Waals surface area contributed by atoms with Crippen LogP contribution in [0.4, 0.5) is 0 Å². The third kappa shape index (κ3) is 4.50. The minimum Gasteiger partial charge on any atom is -0.547 e. The van der Waals surface area contributed by atoms with Gasteiger partial charge in [-0.3, -0.25) is 0 Å². The van der Waals surface area contributed by atoms with Gasteiger partial charge in [0.2, 0.25) is 8.32 Å². The highest BCUT2D eigenvalue weighted by molar-refractivity contribution is 6.70. The number of hydrogen-bond donors (Lipinski definition) is 0. The summed E-state index contributed by atoms with van der Waals surface area (Å²) in [6.45, 7) is 27.8. The van der Waals surface area contributed by atoms with Crippen LogP contribution in [0.25, 0.3) is 0 Å². The van der Waals surface area contributed by atoms with Crippen molar-refractivity contribution in [2.24, 2.45) is 22.2 Å². The predicted molar refractivity (Wildman–Crippen MR) is 101 cm³/mol. The second kappa shape index (κ2) is 5.54. The number of hydrogen-bond acceptors (Lipinski definition) is 1. The van der Waals surface area contributed by atoms with Crippen LogP contribution >= 0.6 is 0 Å². The summed E-state index contributed by atoms with van der Waals surface area (Å²) in [5.74, 6) is 1.63. The molecule has 0 N–H and O–H groups in total. The van der Waals surface area contributed by atoms with E-state index in [0.29, 0.717) is 5.92 Å². The van der Waals surface area contributed by atoms with Gasteiger partial charge in [-0.05, 0) is 47.0 Å². The predicted octanol–water partition coefficient (Wildman–Crippen LogP) is 6.79. The minimum atomic E-state index is -1.64. The molecular formula is C20H38OSi. The molecule has 0 amide bonds. The molecule has 1 unspecified atom stereocenters. The van der Waals surface area contributed by atoms with Gasteiger partial charge < -0.3 is 4.43 Å². The highest BCUT2D eigenvalue weighted by Crippen LogP contribution is 2.53. The van der Waals surface area contributed by atoms with E-state index in [-0.39, 0.29) is 16.2 Å². The molecule has 0 heterocycles. The van der Waals surface area contributed by atoms with E-state index in [0.717, 1.165) is 0 Å². The van der Waals surface area contributed by atoms with Crippen molar-refractivity contribution in [3.05, 3.63) is 23.0 Å². The van der Waals surface area contributed by atoms with Gasteiger partial charge in [-0.15, -0.1) is 0 Å². The first-order valence-corrected chi connectivity index (χ1v) is 12.0. The molecule has 1 aliphatic rings. The Balaban J connectivity index is 3.61. The van der Waals surface area contributed by atoms with Crippen molar-refractivity contribution in [3.63, 3.8) is 0 Å². The summed E-state index contributed by atoms with van der Waals surface area (Å²) in [5.41, 5.74) is 3.36. The Hall–Kier alpha value is -0.503. The third-order valence-electron chi connectivity index (χ3n) is 4.04. The molecule has 0 aromatic heterocycles. The first kappa shape index (κ1) is 19.5. The molecule has 0 aromatic carbocycles. The Morgan fingerprint density at radius 1 is 0.818 bits per heavy atom. The molecule has 2 heteroatoms. The molecular weight excluding hydrogens is 284 g/mol. The summed E-state index contributed by atoms with van der Waals surface area (Å²) >= 11 is 0. The maximum absolute atomic E-state index is 6.67. The molecule has 0 aromatic rings. The van der Waals surface area contributed by atoms with Gasteiger partial charge in [0, 0.05) is 5.92 Å². The van der Waals surface area contributed by atoms with Gasteiger partial charge >= 0.3 is 0 Å². The highest BCUT2D eigenvalue weighted by Gasteiger charge is 2.43. The van der Waals surface area contributed by atoms with Crippen molar-refractivity contribution in [1.82, 2.24) is 0 Å². The van der Waals surface area contributed by atoms with Crippen LogP contribution in [0.15, 0.2) is 23.0 Å². The Bertz CT molecular complexity index is 482. The van der Waals surface area contributed by atoms with Crippen LogP contribution in [0.2, 0.25) is 19.6 Å². The molecule has 0 saturated carbocycles. The summed E-state index contributed by atoms with van der Waals surface area (Å²) in [6.07, 6.45) is 2.50. The van der Waals surface area contributed by atoms with Gasteiger partial charge in [-0.2, -0.15) is 0 Å². The lowest BCUT2D eigenvalue weighted by atomic mass is 9.74. The lowest BCUT2D eigenvalue weighted by Gasteiger charge is -2.35. The van der Waals surface area contributed by atoms with E-state index in [4.69, 9.17) is 4.43 Å². The van der Waals surface area contributed by atoms with Crippen LogP contribution in [-0.2, 0) is 4.43 Å². The number of rotatable bonds is 2. The molecule has 1 atom stereocenters. The van der Waals surface area contributed by atoms with E-state index in [2.05, 4.69) is 88.0 Å². The maximum atomic E-state index is 6.67. The fraction of sp³-hybridized carbons (Fsp3) is 0.800. The Morgan fingerprint density at radius 2 is 1.27 bits per heavy atom. The summed E-state index contributed by atoms with van der Waals surface area (Å²) < 4.78 is 6.67. The SMILES string of the molecule is CC(C)(C)C1=CC(C(C)(C)C)C(O[Si](C)(C)C)=C1C(C)(C)C. The average Bonchev–Trinajstić information content (AvgIpc) is 2.51. The molecule has 0 saturated heterocycles. The molecule has 22 heavy (non-hydrogen) atoms. The average molecular weight is 323 g/mol. The molecule has 1 aliphatic carbocycles. The second-order valence-electron chi connectivity index (χ2n) is 10.9. The monoisotopic (exact) mass is 322 g/mol. The van der Waals surface area contributed by atoms with Crippen LogP contribution in [0.5, 0.6) is 0 Å².